The topological polar surface area (TPSA) is 16.6 Å². The molecule has 0 unspecified atom stereocenters. The highest BCUT2D eigenvalue weighted by atomic mass is 35.5. The lowest BCUT2D eigenvalue weighted by atomic mass is 10.1. The Bertz CT molecular complexity index is 261. The summed E-state index contributed by atoms with van der Waals surface area (Å²) in [5.41, 5.74) is 2.23. The predicted molar refractivity (Wildman–Crippen MR) is 52.2 cm³/mol. The van der Waals surface area contributed by atoms with Crippen LogP contribution >= 0.6 is 23.2 Å². The van der Waals surface area contributed by atoms with E-state index in [4.69, 9.17) is 23.2 Å². The van der Waals surface area contributed by atoms with E-state index in [1.54, 1.807) is 6.07 Å². The van der Waals surface area contributed by atoms with E-state index in [-0.39, 0.29) is 0 Å². The zero-order chi connectivity index (χ0) is 9.14. The molecule has 0 saturated carbocycles. The van der Waals surface area contributed by atoms with Crippen molar-refractivity contribution in [2.45, 2.75) is 13.5 Å². The molecule has 3 heteroatoms. The van der Waals surface area contributed by atoms with Crippen molar-refractivity contribution in [1.29, 1.82) is 0 Å². The summed E-state index contributed by atoms with van der Waals surface area (Å²) < 4.78 is 0. The van der Waals surface area contributed by atoms with Gasteiger partial charge in [-0.1, -0.05) is 23.2 Å². The Morgan fingerprint density at radius 1 is 1.42 bits per heavy atom. The summed E-state index contributed by atoms with van der Waals surface area (Å²) in [6.45, 7) is 2.79. The normalized spacial score (nSPS) is 10.3. The molecule has 0 bridgehead atoms. The van der Waals surface area contributed by atoms with E-state index in [9.17, 15) is 0 Å². The minimum absolute atomic E-state index is 0.685. The van der Waals surface area contributed by atoms with Crippen LogP contribution in [0.15, 0.2) is 12.1 Å². The van der Waals surface area contributed by atoms with E-state index >= 15 is 0 Å². The standard InChI is InChI=1S/C9H11Cl2N/c1-6-3-7(10)4-9(11)8(6)5-12-2/h3-4H,2,5,12H2,1H3. The molecule has 12 heavy (non-hydrogen) atoms. The van der Waals surface area contributed by atoms with E-state index in [0.717, 1.165) is 22.7 Å². The van der Waals surface area contributed by atoms with Crippen LogP contribution in [0, 0.1) is 14.0 Å². The summed E-state index contributed by atoms with van der Waals surface area (Å²) >= 11 is 11.8. The number of hydrogen-bond donors (Lipinski definition) is 1. The molecule has 1 rings (SSSR count). The summed E-state index contributed by atoms with van der Waals surface area (Å²) in [6, 6.07) is 3.67. The summed E-state index contributed by atoms with van der Waals surface area (Å²) in [5.74, 6) is 0. The minimum Gasteiger partial charge on any atom is -0.475 e. The SMILES string of the molecule is [CH2-][NH2+]Cc1c(C)cc(Cl)cc1Cl. The summed E-state index contributed by atoms with van der Waals surface area (Å²) in [7, 11) is 3.67. The zero-order valence-corrected chi connectivity index (χ0v) is 8.41. The Morgan fingerprint density at radius 3 is 2.58 bits per heavy atom. The van der Waals surface area contributed by atoms with Crippen molar-refractivity contribution in [2.75, 3.05) is 0 Å². The van der Waals surface area contributed by atoms with Gasteiger partial charge in [-0.3, -0.25) is 0 Å². The first-order valence-corrected chi connectivity index (χ1v) is 4.46. The van der Waals surface area contributed by atoms with Gasteiger partial charge in [0.25, 0.3) is 0 Å². The molecule has 0 aromatic heterocycles. The van der Waals surface area contributed by atoms with Crippen molar-refractivity contribution in [2.24, 2.45) is 0 Å². The number of aryl methyl sites for hydroxylation is 1. The van der Waals surface area contributed by atoms with Gasteiger partial charge in [-0.05, 0) is 24.6 Å². The van der Waals surface area contributed by atoms with Crippen LogP contribution in [-0.2, 0) is 6.54 Å². The molecule has 0 spiro atoms. The van der Waals surface area contributed by atoms with E-state index in [0.29, 0.717) is 5.02 Å². The fraction of sp³-hybridized carbons (Fsp3) is 0.222. The highest BCUT2D eigenvalue weighted by Crippen LogP contribution is 2.23. The van der Waals surface area contributed by atoms with Crippen molar-refractivity contribution in [1.82, 2.24) is 0 Å². The number of hydrogen-bond acceptors (Lipinski definition) is 0. The second-order valence-corrected chi connectivity index (χ2v) is 3.52. The van der Waals surface area contributed by atoms with Crippen LogP contribution in [0.4, 0.5) is 0 Å². The second-order valence-electron chi connectivity index (χ2n) is 2.68. The third-order valence-corrected chi connectivity index (χ3v) is 2.29. The average molecular weight is 204 g/mol. The number of benzene rings is 1. The molecule has 0 radical (unpaired) electrons. The molecule has 0 fully saturated rings. The van der Waals surface area contributed by atoms with Crippen LogP contribution in [0.5, 0.6) is 0 Å². The quantitative estimate of drug-likeness (QED) is 0.711. The fourth-order valence-corrected chi connectivity index (χ4v) is 1.81. The lowest BCUT2D eigenvalue weighted by Gasteiger charge is -2.07. The number of quaternary nitrogens is 1. The summed E-state index contributed by atoms with van der Waals surface area (Å²) in [4.78, 5) is 0. The third-order valence-electron chi connectivity index (χ3n) is 1.73. The molecular formula is C9H11Cl2N. The number of halogens is 2. The van der Waals surface area contributed by atoms with Crippen LogP contribution in [0.3, 0.4) is 0 Å². The Kier molecular flexibility index (Phi) is 3.39. The molecule has 2 N–H and O–H groups in total. The van der Waals surface area contributed by atoms with Gasteiger partial charge in [0.05, 0.1) is 11.6 Å². The molecule has 1 aromatic rings. The molecule has 0 aliphatic carbocycles. The fourth-order valence-electron chi connectivity index (χ4n) is 1.13. The third kappa shape index (κ3) is 2.13. The second kappa shape index (κ2) is 4.13. The van der Waals surface area contributed by atoms with Crippen molar-refractivity contribution in [3.05, 3.63) is 40.4 Å². The van der Waals surface area contributed by atoms with Gasteiger partial charge in [-0.2, -0.15) is 7.05 Å². The van der Waals surface area contributed by atoms with Crippen molar-refractivity contribution in [3.63, 3.8) is 0 Å². The first-order chi connectivity index (χ1) is 5.65. The lowest BCUT2D eigenvalue weighted by molar-refractivity contribution is -0.612. The molecule has 1 nitrogen and oxygen atoms in total. The first kappa shape index (κ1) is 9.85. The molecule has 0 saturated heterocycles. The first-order valence-electron chi connectivity index (χ1n) is 3.70. The molecular weight excluding hydrogens is 193 g/mol. The Balaban J connectivity index is 3.10. The Morgan fingerprint density at radius 2 is 2.08 bits per heavy atom. The zero-order valence-electron chi connectivity index (χ0n) is 6.90. The lowest BCUT2D eigenvalue weighted by Crippen LogP contribution is -2.75. The maximum absolute atomic E-state index is 5.98. The van der Waals surface area contributed by atoms with Gasteiger partial charge in [0.15, 0.2) is 0 Å². The van der Waals surface area contributed by atoms with Gasteiger partial charge < -0.3 is 5.32 Å². The van der Waals surface area contributed by atoms with E-state index in [1.165, 1.54) is 0 Å². The van der Waals surface area contributed by atoms with E-state index < -0.39 is 0 Å². The monoisotopic (exact) mass is 203 g/mol. The van der Waals surface area contributed by atoms with Crippen LogP contribution in [0.2, 0.25) is 10.0 Å². The number of nitrogens with two attached hydrogens (primary N) is 1. The van der Waals surface area contributed by atoms with Crippen LogP contribution in [-0.4, -0.2) is 0 Å². The van der Waals surface area contributed by atoms with Crippen LogP contribution < -0.4 is 5.32 Å². The van der Waals surface area contributed by atoms with Crippen LogP contribution in [0.1, 0.15) is 11.1 Å². The van der Waals surface area contributed by atoms with Gasteiger partial charge in [0.1, 0.15) is 0 Å². The minimum atomic E-state index is 0.685. The largest absolute Gasteiger partial charge is 0.475 e. The van der Waals surface area contributed by atoms with Gasteiger partial charge in [0, 0.05) is 10.6 Å². The number of rotatable bonds is 2. The Labute approximate surface area is 82.7 Å². The molecule has 0 aliphatic heterocycles. The van der Waals surface area contributed by atoms with Gasteiger partial charge in [-0.25, -0.2) is 0 Å². The summed E-state index contributed by atoms with van der Waals surface area (Å²) in [5, 5.41) is 3.24. The molecule has 0 heterocycles. The average Bonchev–Trinajstić information content (AvgIpc) is 1.96. The van der Waals surface area contributed by atoms with Gasteiger partial charge in [-0.15, -0.1) is 0 Å². The van der Waals surface area contributed by atoms with Crippen LogP contribution in [0.25, 0.3) is 0 Å². The van der Waals surface area contributed by atoms with E-state index in [2.05, 4.69) is 7.05 Å². The highest BCUT2D eigenvalue weighted by Gasteiger charge is 2.05. The van der Waals surface area contributed by atoms with Crippen molar-refractivity contribution >= 4 is 23.2 Å². The van der Waals surface area contributed by atoms with Crippen molar-refractivity contribution < 1.29 is 5.32 Å². The van der Waals surface area contributed by atoms with Gasteiger partial charge >= 0.3 is 0 Å². The van der Waals surface area contributed by atoms with Crippen molar-refractivity contribution in [3.8, 4) is 0 Å². The molecule has 66 valence electrons. The smallest absolute Gasteiger partial charge is 0.0790 e. The van der Waals surface area contributed by atoms with E-state index in [1.807, 2.05) is 18.3 Å². The predicted octanol–water partition coefficient (Wildman–Crippen LogP) is 2.16. The molecule has 1 aromatic carbocycles. The highest BCUT2D eigenvalue weighted by molar-refractivity contribution is 6.35. The maximum Gasteiger partial charge on any atom is 0.0790 e. The van der Waals surface area contributed by atoms with Gasteiger partial charge in [0.2, 0.25) is 0 Å². The molecule has 0 aliphatic rings. The molecule has 0 amide bonds. The maximum atomic E-state index is 5.98. The summed E-state index contributed by atoms with van der Waals surface area (Å²) in [6.07, 6.45) is 0. The molecule has 0 atom stereocenters. The Hall–Kier alpha value is -0.240.